The summed E-state index contributed by atoms with van der Waals surface area (Å²) in [5.41, 5.74) is 3.13. The van der Waals surface area contributed by atoms with Crippen LogP contribution in [0.4, 0.5) is 0 Å². The predicted octanol–water partition coefficient (Wildman–Crippen LogP) is 2.77. The maximum Gasteiger partial charge on any atom is 0.261 e. The Balaban J connectivity index is 1.73. The first-order chi connectivity index (χ1) is 17.6. The lowest BCUT2D eigenvalue weighted by Gasteiger charge is -2.34. The van der Waals surface area contributed by atoms with Gasteiger partial charge in [0.2, 0.25) is 0 Å². The molecular formula is C27H34N4O5S. The predicted molar refractivity (Wildman–Crippen MR) is 140 cm³/mol. The summed E-state index contributed by atoms with van der Waals surface area (Å²) in [7, 11) is -0.613. The molecular weight excluding hydrogens is 492 g/mol. The Morgan fingerprint density at radius 3 is 2.43 bits per heavy atom. The first-order valence-corrected chi connectivity index (χ1v) is 13.7. The zero-order valence-electron chi connectivity index (χ0n) is 21.6. The number of ether oxygens (including phenoxy) is 1. The van der Waals surface area contributed by atoms with Crippen LogP contribution in [0.2, 0.25) is 0 Å². The van der Waals surface area contributed by atoms with Gasteiger partial charge in [-0.05, 0) is 29.7 Å². The summed E-state index contributed by atoms with van der Waals surface area (Å²) in [6.07, 6.45) is 2.38. The van der Waals surface area contributed by atoms with E-state index in [2.05, 4.69) is 4.98 Å². The normalized spacial score (nSPS) is 19.7. The van der Waals surface area contributed by atoms with Crippen molar-refractivity contribution in [1.82, 2.24) is 18.8 Å². The van der Waals surface area contributed by atoms with Crippen molar-refractivity contribution in [3.8, 4) is 11.1 Å². The molecule has 9 nitrogen and oxygen atoms in total. The van der Waals surface area contributed by atoms with Gasteiger partial charge in [0.05, 0.1) is 31.7 Å². The molecule has 0 fully saturated rings. The monoisotopic (exact) mass is 526 g/mol. The summed E-state index contributed by atoms with van der Waals surface area (Å²) >= 11 is 0. The Bertz CT molecular complexity index is 1360. The molecule has 0 unspecified atom stereocenters. The maximum absolute atomic E-state index is 13.9. The van der Waals surface area contributed by atoms with Crippen LogP contribution in [0.1, 0.15) is 29.8 Å². The number of aliphatic hydroxyl groups is 1. The molecule has 3 atom stereocenters. The summed E-state index contributed by atoms with van der Waals surface area (Å²) in [6, 6.07) is 14.8. The van der Waals surface area contributed by atoms with E-state index < -0.39 is 22.2 Å². The van der Waals surface area contributed by atoms with E-state index in [1.807, 2.05) is 49.4 Å². The Kier molecular flexibility index (Phi) is 8.13. The van der Waals surface area contributed by atoms with Gasteiger partial charge in [0.15, 0.2) is 5.03 Å². The van der Waals surface area contributed by atoms with E-state index >= 15 is 0 Å². The molecule has 1 aliphatic heterocycles. The third kappa shape index (κ3) is 5.62. The average molecular weight is 527 g/mol. The number of imidazole rings is 1. The molecule has 2 heterocycles. The molecule has 0 radical (unpaired) electrons. The van der Waals surface area contributed by atoms with Gasteiger partial charge in [-0.25, -0.2) is 13.4 Å². The standard InChI is InChI=1S/C27H34N4O5S/c1-19-13-31(20(2)16-32)27(33)24-12-8-7-11-23(24)22-10-6-5-9-21(22)17-36-25(19)14-30(4)37(34,35)26-15-29(3)18-28-26/h5-12,15,18-20,25,32H,13-14,16-17H2,1-4H3/t19-,20+,25+/m0/s1. The number of amides is 1. The average Bonchev–Trinajstić information content (AvgIpc) is 3.35. The zero-order valence-corrected chi connectivity index (χ0v) is 22.4. The number of carbonyl (C=O) groups is 1. The highest BCUT2D eigenvalue weighted by molar-refractivity contribution is 7.89. The summed E-state index contributed by atoms with van der Waals surface area (Å²) in [4.78, 5) is 19.5. The van der Waals surface area contributed by atoms with E-state index in [1.165, 1.54) is 23.9 Å². The van der Waals surface area contributed by atoms with Crippen molar-refractivity contribution in [3.05, 3.63) is 72.2 Å². The second-order valence-corrected chi connectivity index (χ2v) is 11.7. The molecule has 2 aromatic carbocycles. The van der Waals surface area contributed by atoms with E-state index in [0.29, 0.717) is 5.56 Å². The maximum atomic E-state index is 13.9. The number of fused-ring (bicyclic) bond motifs is 3. The van der Waals surface area contributed by atoms with E-state index in [1.54, 1.807) is 29.5 Å². The molecule has 0 saturated heterocycles. The van der Waals surface area contributed by atoms with Crippen LogP contribution in [0.15, 0.2) is 66.1 Å². The second kappa shape index (κ2) is 11.1. The number of carbonyl (C=O) groups excluding carboxylic acids is 1. The minimum atomic E-state index is -3.83. The lowest BCUT2D eigenvalue weighted by molar-refractivity contribution is -0.0146. The number of hydrogen-bond donors (Lipinski definition) is 1. The molecule has 10 heteroatoms. The first kappa shape index (κ1) is 27.0. The molecule has 0 saturated carbocycles. The van der Waals surface area contributed by atoms with Crippen LogP contribution >= 0.6 is 0 Å². The number of benzene rings is 2. The highest BCUT2D eigenvalue weighted by Gasteiger charge is 2.33. The van der Waals surface area contributed by atoms with E-state index in [4.69, 9.17) is 4.74 Å². The van der Waals surface area contributed by atoms with Gasteiger partial charge in [0.1, 0.15) is 0 Å². The van der Waals surface area contributed by atoms with Gasteiger partial charge in [-0.15, -0.1) is 0 Å². The van der Waals surface area contributed by atoms with Crippen molar-refractivity contribution in [2.45, 2.75) is 37.6 Å². The zero-order chi connectivity index (χ0) is 26.7. The fourth-order valence-electron chi connectivity index (χ4n) is 4.58. The molecule has 3 aromatic rings. The highest BCUT2D eigenvalue weighted by atomic mass is 32.2. The number of likely N-dealkylation sites (N-methyl/N-ethyl adjacent to an activating group) is 1. The van der Waals surface area contributed by atoms with E-state index in [0.717, 1.165) is 16.7 Å². The summed E-state index contributed by atoms with van der Waals surface area (Å²) in [5.74, 6) is -0.425. The second-order valence-electron chi connectivity index (χ2n) is 9.68. The molecule has 1 aliphatic rings. The third-order valence-corrected chi connectivity index (χ3v) is 8.60. The summed E-state index contributed by atoms with van der Waals surface area (Å²) in [6.45, 7) is 4.15. The molecule has 0 aliphatic carbocycles. The van der Waals surface area contributed by atoms with Crippen LogP contribution in [0.5, 0.6) is 0 Å². The first-order valence-electron chi connectivity index (χ1n) is 12.3. The van der Waals surface area contributed by atoms with Gasteiger partial charge in [-0.3, -0.25) is 4.79 Å². The highest BCUT2D eigenvalue weighted by Crippen LogP contribution is 2.31. The van der Waals surface area contributed by atoms with Gasteiger partial charge in [-0.1, -0.05) is 49.4 Å². The molecule has 0 bridgehead atoms. The number of aryl methyl sites for hydroxylation is 1. The van der Waals surface area contributed by atoms with Gasteiger partial charge in [0.25, 0.3) is 15.9 Å². The molecule has 1 aromatic heterocycles. The molecule has 37 heavy (non-hydrogen) atoms. The molecule has 4 rings (SSSR count). The van der Waals surface area contributed by atoms with Crippen molar-refractivity contribution >= 4 is 15.9 Å². The Morgan fingerprint density at radius 1 is 1.14 bits per heavy atom. The third-order valence-electron chi connectivity index (χ3n) is 6.89. The van der Waals surface area contributed by atoms with Crippen LogP contribution in [0.3, 0.4) is 0 Å². The van der Waals surface area contributed by atoms with Crippen molar-refractivity contribution in [2.24, 2.45) is 13.0 Å². The topological polar surface area (TPSA) is 105 Å². The minimum absolute atomic E-state index is 0.0340. The number of aliphatic hydroxyl groups excluding tert-OH is 1. The van der Waals surface area contributed by atoms with Crippen molar-refractivity contribution in [3.63, 3.8) is 0 Å². The number of sulfonamides is 1. The Morgan fingerprint density at radius 2 is 1.78 bits per heavy atom. The van der Waals surface area contributed by atoms with Crippen molar-refractivity contribution < 1.29 is 23.1 Å². The van der Waals surface area contributed by atoms with Gasteiger partial charge < -0.3 is 19.3 Å². The van der Waals surface area contributed by atoms with Crippen molar-refractivity contribution in [2.75, 3.05) is 26.7 Å². The van der Waals surface area contributed by atoms with Gasteiger partial charge >= 0.3 is 0 Å². The minimum Gasteiger partial charge on any atom is -0.394 e. The van der Waals surface area contributed by atoms with E-state index in [9.17, 15) is 18.3 Å². The quantitative estimate of drug-likeness (QED) is 0.530. The SMILES string of the molecule is C[C@H](CO)N1C[C@H](C)[C@@H](CN(C)S(=O)(=O)c2cn(C)cn2)OCc2ccccc2-c2ccccc2C1=O. The largest absolute Gasteiger partial charge is 0.394 e. The van der Waals surface area contributed by atoms with Crippen LogP contribution in [-0.4, -0.2) is 77.1 Å². The Labute approximate surface area is 218 Å². The lowest BCUT2D eigenvalue weighted by atomic mass is 9.94. The van der Waals surface area contributed by atoms with Gasteiger partial charge in [0, 0.05) is 44.9 Å². The Hall–Kier alpha value is -3.05. The fraction of sp³-hybridized carbons (Fsp3) is 0.407. The number of aromatic nitrogens is 2. The summed E-state index contributed by atoms with van der Waals surface area (Å²) < 4.78 is 35.6. The molecule has 1 N–H and O–H groups in total. The van der Waals surface area contributed by atoms with Crippen LogP contribution < -0.4 is 0 Å². The van der Waals surface area contributed by atoms with Crippen LogP contribution in [0, 0.1) is 5.92 Å². The molecule has 0 spiro atoms. The van der Waals surface area contributed by atoms with Gasteiger partial charge in [-0.2, -0.15) is 4.31 Å². The van der Waals surface area contributed by atoms with Crippen LogP contribution in [-0.2, 0) is 28.4 Å². The number of nitrogens with zero attached hydrogens (tertiary/aromatic N) is 4. The number of hydrogen-bond acceptors (Lipinski definition) is 6. The van der Waals surface area contributed by atoms with E-state index in [-0.39, 0.29) is 43.2 Å². The molecule has 198 valence electrons. The lowest BCUT2D eigenvalue weighted by Crippen LogP contribution is -2.47. The summed E-state index contributed by atoms with van der Waals surface area (Å²) in [5, 5.41) is 9.93. The smallest absolute Gasteiger partial charge is 0.261 e. The van der Waals surface area contributed by atoms with Crippen molar-refractivity contribution in [1.29, 1.82) is 0 Å². The molecule has 1 amide bonds. The van der Waals surface area contributed by atoms with Crippen LogP contribution in [0.25, 0.3) is 11.1 Å². The fourth-order valence-corrected chi connectivity index (χ4v) is 5.73. The number of rotatable bonds is 6.